The Morgan fingerprint density at radius 2 is 2.45 bits per heavy atom. The Balaban J connectivity index is 2.52. The Bertz CT molecular complexity index is 299. The highest BCUT2D eigenvalue weighted by Gasteiger charge is 2.19. The fraction of sp³-hybridized carbons (Fsp3) is 0.250. The van der Waals surface area contributed by atoms with E-state index in [4.69, 9.17) is 11.6 Å². The Labute approximate surface area is 62.0 Å². The first-order valence-corrected chi connectivity index (χ1v) is 3.03. The second-order valence-electron chi connectivity index (χ2n) is 2.14. The van der Waals surface area contributed by atoms with Crippen LogP contribution in [0.25, 0.3) is 0 Å². The molecule has 0 spiro atoms. The van der Waals surface area contributed by atoms with E-state index in [0.29, 0.717) is 11.5 Å². The van der Waals surface area contributed by atoms with Crippen LogP contribution in [0.4, 0.5) is 5.82 Å². The molecule has 1 aromatic rings. The minimum atomic E-state index is -0.455. The molecule has 1 unspecified atom stereocenters. The molecule has 0 radical (unpaired) electrons. The van der Waals surface area contributed by atoms with Crippen LogP contribution < -0.4 is 16.9 Å². The summed E-state index contributed by atoms with van der Waals surface area (Å²) in [5.41, 5.74) is 6.12. The van der Waals surface area contributed by atoms with Gasteiger partial charge in [-0.1, -0.05) is 0 Å². The lowest BCUT2D eigenvalue weighted by molar-refractivity contribution is 0.727. The van der Waals surface area contributed by atoms with Crippen molar-refractivity contribution in [1.29, 1.82) is 0 Å². The quantitative estimate of drug-likeness (QED) is 0.389. The van der Waals surface area contributed by atoms with Gasteiger partial charge in [-0.2, -0.15) is 0 Å². The number of hydrogen-bond donors (Lipinski definition) is 3. The van der Waals surface area contributed by atoms with Gasteiger partial charge >= 0.3 is 0 Å². The van der Waals surface area contributed by atoms with Crippen molar-refractivity contribution < 1.29 is 0 Å². The molecule has 11 heavy (non-hydrogen) atoms. The summed E-state index contributed by atoms with van der Waals surface area (Å²) in [5, 5.41) is 10.1. The maximum atomic E-state index is 5.55. The first kappa shape index (κ1) is 6.10. The number of anilines is 1. The van der Waals surface area contributed by atoms with Crippen molar-refractivity contribution in [2.24, 2.45) is 10.7 Å². The largest absolute Gasteiger partial charge is 0.328 e. The lowest BCUT2D eigenvalue weighted by Crippen LogP contribution is -2.20. The zero-order chi connectivity index (χ0) is 7.84. The van der Waals surface area contributed by atoms with E-state index in [9.17, 15) is 0 Å². The third kappa shape index (κ3) is 0.744. The summed E-state index contributed by atoms with van der Waals surface area (Å²) in [5.74, 6) is 5.98. The summed E-state index contributed by atoms with van der Waals surface area (Å²) in [4.78, 5) is 4.98. The number of hydrogen-bond acceptors (Lipinski definition) is 6. The molecule has 2 rings (SSSR count). The van der Waals surface area contributed by atoms with E-state index in [0.717, 1.165) is 4.79 Å². The summed E-state index contributed by atoms with van der Waals surface area (Å²) in [7, 11) is 0. The maximum absolute atomic E-state index is 5.55. The van der Waals surface area contributed by atoms with Gasteiger partial charge in [0.15, 0.2) is 5.82 Å². The second kappa shape index (κ2) is 1.92. The van der Waals surface area contributed by atoms with E-state index in [-0.39, 0.29) is 0 Å². The van der Waals surface area contributed by atoms with Gasteiger partial charge in [0, 0.05) is 0 Å². The first-order valence-electron chi connectivity index (χ1n) is 3.03. The number of nitrogens with zero attached hydrogens (tertiary/aromatic N) is 4. The van der Waals surface area contributed by atoms with E-state index in [1.54, 1.807) is 0 Å². The van der Waals surface area contributed by atoms with Crippen LogP contribution in [0, 0.1) is 0 Å². The van der Waals surface area contributed by atoms with Crippen LogP contribution in [-0.4, -0.2) is 21.4 Å². The van der Waals surface area contributed by atoms with Crippen molar-refractivity contribution in [1.82, 2.24) is 15.1 Å². The van der Waals surface area contributed by atoms with Crippen molar-refractivity contribution in [3.63, 3.8) is 0 Å². The number of nitrogens with two attached hydrogens (primary N) is 2. The van der Waals surface area contributed by atoms with Crippen LogP contribution in [0.1, 0.15) is 11.9 Å². The Kier molecular flexibility index (Phi) is 1.07. The van der Waals surface area contributed by atoms with Crippen LogP contribution in [0.2, 0.25) is 0 Å². The van der Waals surface area contributed by atoms with Gasteiger partial charge in [0.25, 0.3) is 0 Å². The lowest BCUT2D eigenvalue weighted by Gasteiger charge is -2.10. The smallest absolute Gasteiger partial charge is 0.179 e. The van der Waals surface area contributed by atoms with Crippen LogP contribution in [0.5, 0.6) is 0 Å². The van der Waals surface area contributed by atoms with Gasteiger partial charge in [-0.15, -0.1) is 9.89 Å². The summed E-state index contributed by atoms with van der Waals surface area (Å²) in [6, 6.07) is 0. The van der Waals surface area contributed by atoms with Crippen molar-refractivity contribution in [2.45, 2.75) is 6.17 Å². The van der Waals surface area contributed by atoms with Gasteiger partial charge in [0.1, 0.15) is 11.9 Å². The van der Waals surface area contributed by atoms with Crippen molar-refractivity contribution in [3.05, 3.63) is 5.69 Å². The van der Waals surface area contributed by atoms with Crippen LogP contribution in [0.15, 0.2) is 4.99 Å². The lowest BCUT2D eigenvalue weighted by atomic mass is 10.3. The fourth-order valence-corrected chi connectivity index (χ4v) is 0.894. The van der Waals surface area contributed by atoms with Gasteiger partial charge in [-0.05, 0) is 5.21 Å². The molecule has 1 aliphatic heterocycles. The zero-order valence-electron chi connectivity index (χ0n) is 5.60. The molecule has 0 aromatic carbocycles. The Morgan fingerprint density at radius 1 is 1.64 bits per heavy atom. The predicted molar refractivity (Wildman–Crippen MR) is 39.2 cm³/mol. The summed E-state index contributed by atoms with van der Waals surface area (Å²) >= 11 is 0. The van der Waals surface area contributed by atoms with Crippen LogP contribution in [-0.2, 0) is 0 Å². The maximum Gasteiger partial charge on any atom is 0.179 e. The molecule has 0 saturated carbocycles. The molecule has 58 valence electrons. The number of fused-ring (bicyclic) bond motifs is 1. The van der Waals surface area contributed by atoms with Crippen molar-refractivity contribution in [2.75, 3.05) is 11.2 Å². The van der Waals surface area contributed by atoms with Crippen molar-refractivity contribution in [3.8, 4) is 0 Å². The molecule has 0 bridgehead atoms. The third-order valence-electron chi connectivity index (χ3n) is 1.44. The van der Waals surface area contributed by atoms with Gasteiger partial charge in [0.05, 0.1) is 6.34 Å². The molecule has 0 saturated heterocycles. The molecular formula is C4H7N7. The minimum absolute atomic E-state index is 0.455. The van der Waals surface area contributed by atoms with E-state index in [2.05, 4.69) is 20.6 Å². The fourth-order valence-electron chi connectivity index (χ4n) is 0.894. The highest BCUT2D eigenvalue weighted by atomic mass is 15.6. The molecule has 0 aliphatic carbocycles. The van der Waals surface area contributed by atoms with E-state index in [1.807, 2.05) is 0 Å². The topological polar surface area (TPSA) is 107 Å². The van der Waals surface area contributed by atoms with Crippen molar-refractivity contribution >= 4 is 12.2 Å². The Hall–Kier alpha value is -1.63. The summed E-state index contributed by atoms with van der Waals surface area (Å²) in [6.45, 7) is 0. The standard InChI is InChI=1S/C4H7N7/c5-3-2-4(8-1-7-3)11(6)10-9-2/h1,3H,5-6H2,(H,7,8). The number of aromatic nitrogens is 3. The van der Waals surface area contributed by atoms with Gasteiger partial charge in [-0.3, -0.25) is 4.99 Å². The molecular weight excluding hydrogens is 146 g/mol. The van der Waals surface area contributed by atoms with E-state index >= 15 is 0 Å². The third-order valence-corrected chi connectivity index (χ3v) is 1.44. The Morgan fingerprint density at radius 3 is 3.18 bits per heavy atom. The zero-order valence-corrected chi connectivity index (χ0v) is 5.60. The average molecular weight is 153 g/mol. The van der Waals surface area contributed by atoms with Gasteiger partial charge in [-0.25, -0.2) is 0 Å². The van der Waals surface area contributed by atoms with E-state index < -0.39 is 6.17 Å². The number of nitrogens with one attached hydrogen (secondary N) is 1. The molecule has 1 aliphatic rings. The molecule has 7 heteroatoms. The second-order valence-corrected chi connectivity index (χ2v) is 2.14. The number of rotatable bonds is 0. The normalized spacial score (nSPS) is 21.0. The molecule has 7 nitrogen and oxygen atoms in total. The van der Waals surface area contributed by atoms with E-state index in [1.165, 1.54) is 6.34 Å². The molecule has 0 fully saturated rings. The predicted octanol–water partition coefficient (Wildman–Crippen LogP) is -1.60. The van der Waals surface area contributed by atoms with Crippen LogP contribution in [0.3, 0.4) is 0 Å². The number of nitrogen functional groups attached to an aromatic ring is 1. The molecule has 1 aromatic heterocycles. The molecule has 2 heterocycles. The van der Waals surface area contributed by atoms with Gasteiger partial charge < -0.3 is 16.9 Å². The highest BCUT2D eigenvalue weighted by molar-refractivity contribution is 5.77. The monoisotopic (exact) mass is 153 g/mol. The highest BCUT2D eigenvalue weighted by Crippen LogP contribution is 2.19. The average Bonchev–Trinajstić information content (AvgIpc) is 2.35. The minimum Gasteiger partial charge on any atom is -0.328 e. The summed E-state index contributed by atoms with van der Waals surface area (Å²) < 4.78 is 0. The molecule has 5 N–H and O–H groups in total. The number of aliphatic imine (C=N–C) groups is 1. The molecule has 0 amide bonds. The SMILES string of the molecule is NC1N=CNc2c1nnn2N. The van der Waals surface area contributed by atoms with Crippen LogP contribution >= 0.6 is 0 Å². The van der Waals surface area contributed by atoms with Gasteiger partial charge in [0.2, 0.25) is 0 Å². The first-order chi connectivity index (χ1) is 5.29. The molecule has 1 atom stereocenters. The summed E-state index contributed by atoms with van der Waals surface area (Å²) in [6.07, 6.45) is 1.02.